The van der Waals surface area contributed by atoms with Crippen molar-refractivity contribution in [1.82, 2.24) is 9.88 Å². The number of amides is 2. The van der Waals surface area contributed by atoms with E-state index in [9.17, 15) is 14.7 Å². The molecule has 2 N–H and O–H groups in total. The predicted molar refractivity (Wildman–Crippen MR) is 136 cm³/mol. The molecule has 1 aromatic carbocycles. The lowest BCUT2D eigenvalue weighted by Crippen LogP contribution is -2.45. The molecule has 0 unspecified atom stereocenters. The first kappa shape index (κ1) is 24.9. The number of ether oxygens (including phenoxy) is 1. The fourth-order valence-electron chi connectivity index (χ4n) is 4.44. The van der Waals surface area contributed by atoms with Crippen LogP contribution in [-0.2, 0) is 17.6 Å². The number of thiazole rings is 1. The van der Waals surface area contributed by atoms with E-state index in [2.05, 4.69) is 35.4 Å². The monoisotopic (exact) mass is 503 g/mol. The molecule has 1 aromatic heterocycles. The molecule has 9 heteroatoms. The predicted octanol–water partition coefficient (Wildman–Crippen LogP) is 5.69. The van der Waals surface area contributed by atoms with Crippen LogP contribution in [0.4, 0.5) is 9.93 Å². The van der Waals surface area contributed by atoms with E-state index in [1.165, 1.54) is 34.2 Å². The van der Waals surface area contributed by atoms with E-state index < -0.39 is 10.7 Å². The van der Waals surface area contributed by atoms with Crippen LogP contribution in [0, 0.1) is 5.92 Å². The second-order valence-electron chi connectivity index (χ2n) is 9.73. The number of urea groups is 1. The van der Waals surface area contributed by atoms with E-state index >= 15 is 0 Å². The van der Waals surface area contributed by atoms with Gasteiger partial charge in [-0.25, -0.2) is 9.78 Å². The third kappa shape index (κ3) is 6.05. The highest BCUT2D eigenvalue weighted by Crippen LogP contribution is 2.38. The summed E-state index contributed by atoms with van der Waals surface area (Å²) in [7, 11) is 0. The number of carbonyl (C=O) groups excluding carboxylic acids is 1. The average molecular weight is 504 g/mol. The van der Waals surface area contributed by atoms with Gasteiger partial charge in [-0.3, -0.25) is 10.1 Å². The van der Waals surface area contributed by atoms with Crippen LogP contribution in [0.15, 0.2) is 28.6 Å². The second-order valence-corrected chi connectivity index (χ2v) is 12.7. The first-order chi connectivity index (χ1) is 16.2. The van der Waals surface area contributed by atoms with Crippen molar-refractivity contribution in [3.05, 3.63) is 35.5 Å². The van der Waals surface area contributed by atoms with E-state index in [1.807, 2.05) is 4.90 Å². The summed E-state index contributed by atoms with van der Waals surface area (Å²) in [6, 6.07) is 6.45. The maximum absolute atomic E-state index is 13.4. The molecule has 0 bridgehead atoms. The number of thioether (sulfide) groups is 1. The van der Waals surface area contributed by atoms with Gasteiger partial charge in [0.25, 0.3) is 0 Å². The van der Waals surface area contributed by atoms with E-state index in [0.717, 1.165) is 55.1 Å². The van der Waals surface area contributed by atoms with Crippen molar-refractivity contribution >= 4 is 40.2 Å². The average Bonchev–Trinajstić information content (AvgIpc) is 3.43. The van der Waals surface area contributed by atoms with E-state index in [0.29, 0.717) is 17.6 Å². The number of nitrogens with one attached hydrogen (secondary N) is 1. The molecule has 0 spiro atoms. The van der Waals surface area contributed by atoms with Crippen LogP contribution >= 0.6 is 23.1 Å². The number of aromatic nitrogens is 1. The van der Waals surface area contributed by atoms with Gasteiger partial charge in [-0.15, -0.1) is 0 Å². The normalized spacial score (nSPS) is 19.9. The Morgan fingerprint density at radius 2 is 2.06 bits per heavy atom. The summed E-state index contributed by atoms with van der Waals surface area (Å²) in [5.41, 5.74) is 2.43. The lowest BCUT2D eigenvalue weighted by atomic mass is 9.86. The number of rotatable bonds is 8. The minimum atomic E-state index is -0.960. The molecule has 2 aliphatic rings. The minimum Gasteiger partial charge on any atom is -0.493 e. The summed E-state index contributed by atoms with van der Waals surface area (Å²) in [6.07, 6.45) is 7.63. The zero-order chi connectivity index (χ0) is 24.3. The van der Waals surface area contributed by atoms with Gasteiger partial charge in [0.1, 0.15) is 10.5 Å². The topological polar surface area (TPSA) is 91.8 Å². The number of hydrogen-bond acceptors (Lipinski definition) is 6. The number of nitrogens with zero attached hydrogens (tertiary/aromatic N) is 2. The maximum Gasteiger partial charge on any atom is 0.323 e. The quantitative estimate of drug-likeness (QED) is 0.450. The van der Waals surface area contributed by atoms with Gasteiger partial charge in [-0.2, -0.15) is 0 Å². The summed E-state index contributed by atoms with van der Waals surface area (Å²) in [5.74, 6) is 0.786. The molecule has 1 fully saturated rings. The molecule has 2 aromatic rings. The van der Waals surface area contributed by atoms with Crippen LogP contribution in [0.1, 0.15) is 57.6 Å². The van der Waals surface area contributed by atoms with E-state index in [4.69, 9.17) is 4.74 Å². The zero-order valence-corrected chi connectivity index (χ0v) is 21.6. The minimum absolute atomic E-state index is 0.139. The fourth-order valence-corrected chi connectivity index (χ4v) is 6.71. The van der Waals surface area contributed by atoms with Crippen molar-refractivity contribution in [2.45, 2.75) is 74.3 Å². The summed E-state index contributed by atoms with van der Waals surface area (Å²) >= 11 is 2.55. The zero-order valence-electron chi connectivity index (χ0n) is 20.0. The van der Waals surface area contributed by atoms with Gasteiger partial charge < -0.3 is 14.7 Å². The summed E-state index contributed by atoms with van der Waals surface area (Å²) in [4.78, 5) is 31.1. The van der Waals surface area contributed by atoms with E-state index in [-0.39, 0.29) is 12.1 Å². The molecule has 0 atom stereocenters. The molecule has 34 heavy (non-hydrogen) atoms. The molecule has 4 rings (SSSR count). The molecular weight excluding hydrogens is 470 g/mol. The fraction of sp³-hybridized carbons (Fsp3) is 0.560. The van der Waals surface area contributed by atoms with Gasteiger partial charge >= 0.3 is 12.0 Å². The van der Waals surface area contributed by atoms with Gasteiger partial charge in [-0.1, -0.05) is 42.2 Å². The Morgan fingerprint density at radius 3 is 2.79 bits per heavy atom. The Morgan fingerprint density at radius 1 is 1.29 bits per heavy atom. The number of carbonyl (C=O) groups is 2. The number of benzene rings is 1. The number of carboxylic acid groups (broad SMARTS) is 1. The smallest absolute Gasteiger partial charge is 0.323 e. The molecule has 1 aliphatic carbocycles. The van der Waals surface area contributed by atoms with Crippen LogP contribution in [0.3, 0.4) is 0 Å². The van der Waals surface area contributed by atoms with Crippen molar-refractivity contribution < 1.29 is 19.4 Å². The number of hydrogen-bond donors (Lipinski definition) is 2. The largest absolute Gasteiger partial charge is 0.493 e. The lowest BCUT2D eigenvalue weighted by molar-refractivity contribution is -0.138. The Hall–Kier alpha value is -2.26. The number of aliphatic carboxylic acids is 1. The molecule has 184 valence electrons. The Balaban J connectivity index is 1.43. The third-order valence-electron chi connectivity index (χ3n) is 6.66. The Labute approximate surface area is 209 Å². The van der Waals surface area contributed by atoms with Crippen molar-refractivity contribution in [2.24, 2.45) is 5.92 Å². The van der Waals surface area contributed by atoms with Gasteiger partial charge in [0.05, 0.1) is 17.0 Å². The number of anilines is 1. The molecule has 2 amide bonds. The molecular formula is C25H33N3O4S2. The van der Waals surface area contributed by atoms with Crippen LogP contribution in [0.5, 0.6) is 5.75 Å². The Kier molecular flexibility index (Phi) is 7.72. The lowest BCUT2D eigenvalue weighted by Gasteiger charge is -2.36. The highest BCUT2D eigenvalue weighted by atomic mass is 32.2. The van der Waals surface area contributed by atoms with Crippen molar-refractivity contribution in [3.63, 3.8) is 0 Å². The van der Waals surface area contributed by atoms with Crippen LogP contribution < -0.4 is 10.1 Å². The molecule has 0 radical (unpaired) electrons. The summed E-state index contributed by atoms with van der Waals surface area (Å²) in [5, 5.41) is 12.8. The summed E-state index contributed by atoms with van der Waals surface area (Å²) < 4.78 is 5.52. The highest BCUT2D eigenvalue weighted by molar-refractivity contribution is 8.03. The maximum atomic E-state index is 13.4. The SMILES string of the molecule is CC1CCC(N(CCc2ccc3c(c2)OCC3)C(=O)Nc2ncc(SC(C)(C)C(=O)O)s2)CC1. The molecule has 7 nitrogen and oxygen atoms in total. The van der Waals surface area contributed by atoms with Gasteiger partial charge in [0.15, 0.2) is 5.13 Å². The number of fused-ring (bicyclic) bond motifs is 1. The first-order valence-electron chi connectivity index (χ1n) is 11.9. The molecule has 1 aliphatic heterocycles. The third-order valence-corrected chi connectivity index (χ3v) is 8.86. The number of carboxylic acids is 1. The van der Waals surface area contributed by atoms with Crippen molar-refractivity contribution in [1.29, 1.82) is 0 Å². The summed E-state index contributed by atoms with van der Waals surface area (Å²) in [6.45, 7) is 6.97. The van der Waals surface area contributed by atoms with Gasteiger partial charge in [-0.05, 0) is 69.1 Å². The molecule has 0 saturated heterocycles. The van der Waals surface area contributed by atoms with Crippen LogP contribution in [0.25, 0.3) is 0 Å². The van der Waals surface area contributed by atoms with Crippen molar-refractivity contribution in [2.75, 3.05) is 18.5 Å². The highest BCUT2D eigenvalue weighted by Gasteiger charge is 2.31. The van der Waals surface area contributed by atoms with Gasteiger partial charge in [0, 0.05) is 19.0 Å². The molecule has 1 saturated carbocycles. The van der Waals surface area contributed by atoms with Gasteiger partial charge in [0.2, 0.25) is 0 Å². The standard InChI is InChI=1S/C25H33N3O4S2/c1-16-4-8-19(9-5-16)28(12-10-17-6-7-18-11-13-32-20(18)14-17)24(31)27-23-26-15-21(33-23)34-25(2,3)22(29)30/h6-7,14-16,19H,4-5,8-13H2,1-3H3,(H,29,30)(H,26,27,31). The second kappa shape index (κ2) is 10.6. The van der Waals surface area contributed by atoms with Crippen LogP contribution in [0.2, 0.25) is 0 Å². The first-order valence-corrected chi connectivity index (χ1v) is 13.5. The van der Waals surface area contributed by atoms with Crippen molar-refractivity contribution in [3.8, 4) is 5.75 Å². The van der Waals surface area contributed by atoms with Crippen LogP contribution in [-0.4, -0.2) is 50.9 Å². The Bertz CT molecular complexity index is 1030. The molecule has 2 heterocycles. The van der Waals surface area contributed by atoms with E-state index in [1.54, 1.807) is 20.0 Å².